The summed E-state index contributed by atoms with van der Waals surface area (Å²) < 4.78 is 0. The van der Waals surface area contributed by atoms with Crippen LogP contribution in [0.25, 0.3) is 5.70 Å². The Balaban J connectivity index is 2.32. The first-order valence-electron chi connectivity index (χ1n) is 3.93. The molecule has 1 aliphatic heterocycles. The molecule has 13 heavy (non-hydrogen) atoms. The van der Waals surface area contributed by atoms with Crippen LogP contribution in [0, 0.1) is 0 Å². The molecule has 2 N–H and O–H groups in total. The van der Waals surface area contributed by atoms with Crippen LogP contribution in [0.15, 0.2) is 29.5 Å². The molecule has 0 saturated heterocycles. The van der Waals surface area contributed by atoms with E-state index in [1.807, 2.05) is 18.2 Å². The van der Waals surface area contributed by atoms with E-state index in [2.05, 4.69) is 15.3 Å². The average molecular weight is 175 g/mol. The first-order chi connectivity index (χ1) is 6.38. The van der Waals surface area contributed by atoms with Crippen molar-refractivity contribution in [1.29, 1.82) is 0 Å². The van der Waals surface area contributed by atoms with Crippen molar-refractivity contribution in [1.82, 2.24) is 15.3 Å². The monoisotopic (exact) mass is 175 g/mol. The lowest BCUT2D eigenvalue weighted by atomic mass is 10.2. The summed E-state index contributed by atoms with van der Waals surface area (Å²) in [6, 6.07) is 3.66. The Hall–Kier alpha value is -1.75. The molecule has 0 radical (unpaired) electrons. The molecule has 0 aromatic carbocycles. The lowest BCUT2D eigenvalue weighted by Crippen LogP contribution is -2.26. The van der Waals surface area contributed by atoms with E-state index in [1.165, 1.54) is 5.12 Å². The second kappa shape index (κ2) is 3.32. The molecular weight excluding hydrogens is 166 g/mol. The van der Waals surface area contributed by atoms with Crippen LogP contribution < -0.4 is 5.84 Å². The molecule has 1 aromatic rings. The molecule has 0 bridgehead atoms. The third kappa shape index (κ3) is 1.54. The maximum Gasteiger partial charge on any atom is 0.112 e. The summed E-state index contributed by atoms with van der Waals surface area (Å²) >= 11 is 0. The van der Waals surface area contributed by atoms with Crippen LogP contribution in [-0.4, -0.2) is 21.5 Å². The highest BCUT2D eigenvalue weighted by Gasteiger charge is 2.10. The molecule has 5 nitrogen and oxygen atoms in total. The van der Waals surface area contributed by atoms with E-state index in [-0.39, 0.29) is 0 Å². The van der Waals surface area contributed by atoms with Crippen LogP contribution in [0.2, 0.25) is 0 Å². The zero-order valence-corrected chi connectivity index (χ0v) is 6.96. The highest BCUT2D eigenvalue weighted by molar-refractivity contribution is 5.70. The predicted molar refractivity (Wildman–Crippen MR) is 49.1 cm³/mol. The van der Waals surface area contributed by atoms with Gasteiger partial charge in [0.15, 0.2) is 0 Å². The van der Waals surface area contributed by atoms with Crippen molar-refractivity contribution in [3.05, 3.63) is 30.1 Å². The Morgan fingerprint density at radius 1 is 1.46 bits per heavy atom. The van der Waals surface area contributed by atoms with Crippen LogP contribution in [0.4, 0.5) is 0 Å². The van der Waals surface area contributed by atoms with Crippen LogP contribution in [0.1, 0.15) is 12.1 Å². The predicted octanol–water partition coefficient (Wildman–Crippen LogP) is 0.383. The number of nitrogens with two attached hydrogens (primary N) is 1. The maximum atomic E-state index is 5.61. The fraction of sp³-hybridized carbons (Fsp3) is 0.125. The summed E-state index contributed by atoms with van der Waals surface area (Å²) in [7, 11) is 0. The second-order valence-corrected chi connectivity index (χ2v) is 2.58. The van der Waals surface area contributed by atoms with Crippen LogP contribution in [0.5, 0.6) is 0 Å². The third-order valence-electron chi connectivity index (χ3n) is 1.70. The number of aromatic nitrogens is 2. The van der Waals surface area contributed by atoms with Crippen molar-refractivity contribution in [2.75, 3.05) is 0 Å². The minimum Gasteiger partial charge on any atom is -0.226 e. The zero-order valence-electron chi connectivity index (χ0n) is 6.96. The van der Waals surface area contributed by atoms with Gasteiger partial charge in [0.2, 0.25) is 0 Å². The van der Waals surface area contributed by atoms with Crippen molar-refractivity contribution in [2.24, 2.45) is 10.9 Å². The molecule has 2 heterocycles. The third-order valence-corrected chi connectivity index (χ3v) is 1.70. The minimum absolute atomic E-state index is 0.738. The molecule has 0 spiro atoms. The van der Waals surface area contributed by atoms with Gasteiger partial charge in [0, 0.05) is 18.8 Å². The van der Waals surface area contributed by atoms with Gasteiger partial charge in [-0.1, -0.05) is 0 Å². The Labute approximate surface area is 75.5 Å². The van der Waals surface area contributed by atoms with Crippen molar-refractivity contribution in [2.45, 2.75) is 6.42 Å². The smallest absolute Gasteiger partial charge is 0.112 e. The number of hydrazine groups is 1. The first-order valence-corrected chi connectivity index (χ1v) is 3.93. The minimum atomic E-state index is 0.738. The van der Waals surface area contributed by atoms with Crippen LogP contribution in [-0.2, 0) is 0 Å². The molecule has 2 rings (SSSR count). The first kappa shape index (κ1) is 7.88. The summed E-state index contributed by atoms with van der Waals surface area (Å²) in [5.41, 5.74) is 1.53. The van der Waals surface area contributed by atoms with E-state index < -0.39 is 0 Å². The van der Waals surface area contributed by atoms with E-state index in [4.69, 9.17) is 5.84 Å². The number of rotatable bonds is 1. The molecule has 66 valence electrons. The van der Waals surface area contributed by atoms with Gasteiger partial charge in [-0.3, -0.25) is 0 Å². The SMILES string of the molecule is NN1N=CCC=C1c1cccnn1. The Morgan fingerprint density at radius 2 is 2.38 bits per heavy atom. The quantitative estimate of drug-likeness (QED) is 0.626. The standard InChI is InChI=1S/C8H9N5/c9-13-8(4-2-6-11-13)7-3-1-5-10-12-7/h1,3-6H,2,9H2. The summed E-state index contributed by atoms with van der Waals surface area (Å²) in [5, 5.41) is 12.9. The second-order valence-electron chi connectivity index (χ2n) is 2.58. The lowest BCUT2D eigenvalue weighted by molar-refractivity contribution is 0.439. The van der Waals surface area contributed by atoms with Gasteiger partial charge in [-0.15, -0.1) is 5.10 Å². The van der Waals surface area contributed by atoms with E-state index in [0.29, 0.717) is 0 Å². The Bertz CT molecular complexity index is 343. The topological polar surface area (TPSA) is 67.4 Å². The molecule has 0 amide bonds. The number of hydrogen-bond acceptors (Lipinski definition) is 5. The number of allylic oxidation sites excluding steroid dienone is 1. The van der Waals surface area contributed by atoms with E-state index in [9.17, 15) is 0 Å². The lowest BCUT2D eigenvalue weighted by Gasteiger charge is -2.17. The van der Waals surface area contributed by atoms with Gasteiger partial charge in [-0.25, -0.2) is 5.84 Å². The fourth-order valence-corrected chi connectivity index (χ4v) is 1.12. The van der Waals surface area contributed by atoms with Gasteiger partial charge in [-0.05, 0) is 18.2 Å². The fourth-order valence-electron chi connectivity index (χ4n) is 1.12. The summed E-state index contributed by atoms with van der Waals surface area (Å²) in [5.74, 6) is 5.61. The average Bonchev–Trinajstić information content (AvgIpc) is 2.20. The van der Waals surface area contributed by atoms with Crippen molar-refractivity contribution < 1.29 is 0 Å². The highest BCUT2D eigenvalue weighted by Crippen LogP contribution is 2.16. The Morgan fingerprint density at radius 3 is 3.08 bits per heavy atom. The van der Waals surface area contributed by atoms with Gasteiger partial charge < -0.3 is 0 Å². The highest BCUT2D eigenvalue weighted by atomic mass is 15.6. The van der Waals surface area contributed by atoms with Gasteiger partial charge in [0.05, 0.1) is 0 Å². The molecule has 0 saturated carbocycles. The van der Waals surface area contributed by atoms with E-state index in [0.717, 1.165) is 17.8 Å². The molecule has 0 unspecified atom stereocenters. The van der Waals surface area contributed by atoms with Crippen molar-refractivity contribution >= 4 is 11.9 Å². The molecule has 0 fully saturated rings. The molecule has 1 aromatic heterocycles. The normalized spacial score (nSPS) is 15.8. The Kier molecular flexibility index (Phi) is 2.01. The molecule has 0 atom stereocenters. The largest absolute Gasteiger partial charge is 0.226 e. The molecule has 0 aliphatic carbocycles. The molecular formula is C8H9N5. The van der Waals surface area contributed by atoms with Gasteiger partial charge in [0.1, 0.15) is 11.4 Å². The number of hydrazone groups is 1. The number of nitrogens with zero attached hydrogens (tertiary/aromatic N) is 4. The van der Waals surface area contributed by atoms with Crippen LogP contribution in [0.3, 0.4) is 0 Å². The molecule has 1 aliphatic rings. The van der Waals surface area contributed by atoms with Gasteiger partial charge in [0.25, 0.3) is 0 Å². The summed E-state index contributed by atoms with van der Waals surface area (Å²) in [4.78, 5) is 0. The van der Waals surface area contributed by atoms with Crippen molar-refractivity contribution in [3.8, 4) is 0 Å². The van der Waals surface area contributed by atoms with Gasteiger partial charge >= 0.3 is 0 Å². The zero-order chi connectivity index (χ0) is 9.10. The van der Waals surface area contributed by atoms with E-state index in [1.54, 1.807) is 12.4 Å². The molecule has 5 heteroatoms. The summed E-state index contributed by atoms with van der Waals surface area (Å²) in [6.45, 7) is 0. The van der Waals surface area contributed by atoms with Crippen molar-refractivity contribution in [3.63, 3.8) is 0 Å². The maximum absolute atomic E-state index is 5.61. The number of hydrogen-bond donors (Lipinski definition) is 1. The van der Waals surface area contributed by atoms with Gasteiger partial charge in [-0.2, -0.15) is 15.3 Å². The summed E-state index contributed by atoms with van der Waals surface area (Å²) in [6.07, 6.45) is 6.09. The van der Waals surface area contributed by atoms with E-state index >= 15 is 0 Å². The van der Waals surface area contributed by atoms with Crippen LogP contribution >= 0.6 is 0 Å².